The Bertz CT molecular complexity index is 912. The molecular weight excluding hydrogens is 485 g/mol. The number of likely N-dealkylation sites (tertiary alicyclic amines) is 1. The maximum atomic E-state index is 12.8. The van der Waals surface area contributed by atoms with Gasteiger partial charge in [-0.25, -0.2) is 9.78 Å². The SMILES string of the molecule is COC(=O)[C@H]1CC[C@H](NC(=O)N2CCC(c3nc4c(s3)CCN(C(=O)C(F)(F)F)CC4)CC2)CC1. The Kier molecular flexibility index (Phi) is 7.87. The molecule has 1 saturated heterocycles. The van der Waals surface area contributed by atoms with Gasteiger partial charge in [0, 0.05) is 55.9 Å². The molecule has 35 heavy (non-hydrogen) atoms. The normalized spacial score (nSPS) is 23.9. The van der Waals surface area contributed by atoms with Gasteiger partial charge in [-0.1, -0.05) is 0 Å². The first-order valence-corrected chi connectivity index (χ1v) is 12.9. The molecule has 1 aromatic heterocycles. The Labute approximate surface area is 206 Å². The van der Waals surface area contributed by atoms with Gasteiger partial charge in [-0.2, -0.15) is 13.2 Å². The second-order valence-electron chi connectivity index (χ2n) is 9.49. The van der Waals surface area contributed by atoms with Gasteiger partial charge in [0.05, 0.1) is 23.7 Å². The molecule has 1 aromatic rings. The summed E-state index contributed by atoms with van der Waals surface area (Å²) in [5, 5.41) is 4.08. The molecule has 2 aliphatic heterocycles. The first kappa shape index (κ1) is 25.7. The second-order valence-corrected chi connectivity index (χ2v) is 10.6. The van der Waals surface area contributed by atoms with Gasteiger partial charge in [0.25, 0.3) is 0 Å². The third-order valence-electron chi connectivity index (χ3n) is 7.27. The van der Waals surface area contributed by atoms with E-state index in [0.29, 0.717) is 25.9 Å². The van der Waals surface area contributed by atoms with Crippen LogP contribution < -0.4 is 5.32 Å². The molecule has 3 amide bonds. The highest BCUT2D eigenvalue weighted by atomic mass is 32.1. The van der Waals surface area contributed by atoms with Crippen molar-refractivity contribution in [3.63, 3.8) is 0 Å². The number of nitrogens with one attached hydrogen (secondary N) is 1. The maximum absolute atomic E-state index is 12.8. The van der Waals surface area contributed by atoms with Crippen molar-refractivity contribution in [1.82, 2.24) is 20.1 Å². The molecule has 0 bridgehead atoms. The van der Waals surface area contributed by atoms with E-state index in [0.717, 1.165) is 59.0 Å². The van der Waals surface area contributed by atoms with Crippen LogP contribution in [0, 0.1) is 5.92 Å². The van der Waals surface area contributed by atoms with Gasteiger partial charge in [-0.15, -0.1) is 11.3 Å². The molecule has 1 aliphatic carbocycles. The van der Waals surface area contributed by atoms with Crippen LogP contribution >= 0.6 is 11.3 Å². The Hall–Kier alpha value is -2.37. The van der Waals surface area contributed by atoms with Crippen molar-refractivity contribution in [3.8, 4) is 0 Å². The van der Waals surface area contributed by atoms with Crippen LogP contribution in [0.4, 0.5) is 18.0 Å². The van der Waals surface area contributed by atoms with E-state index in [2.05, 4.69) is 5.32 Å². The summed E-state index contributed by atoms with van der Waals surface area (Å²) in [6.07, 6.45) is 0.395. The third-order valence-corrected chi connectivity index (χ3v) is 8.59. The number of amides is 3. The van der Waals surface area contributed by atoms with Crippen molar-refractivity contribution in [1.29, 1.82) is 0 Å². The van der Waals surface area contributed by atoms with Crippen molar-refractivity contribution >= 4 is 29.2 Å². The molecule has 194 valence electrons. The van der Waals surface area contributed by atoms with Crippen LogP contribution in [0.5, 0.6) is 0 Å². The average Bonchev–Trinajstić information content (AvgIpc) is 3.16. The zero-order valence-electron chi connectivity index (χ0n) is 19.7. The second kappa shape index (κ2) is 10.7. The van der Waals surface area contributed by atoms with E-state index < -0.39 is 12.1 Å². The molecule has 0 atom stereocenters. The van der Waals surface area contributed by atoms with E-state index in [4.69, 9.17) is 9.72 Å². The Morgan fingerprint density at radius 3 is 2.26 bits per heavy atom. The van der Waals surface area contributed by atoms with E-state index in [1.807, 2.05) is 4.90 Å². The number of alkyl halides is 3. The first-order valence-electron chi connectivity index (χ1n) is 12.1. The molecule has 1 saturated carbocycles. The van der Waals surface area contributed by atoms with Crippen LogP contribution in [-0.2, 0) is 27.2 Å². The van der Waals surface area contributed by atoms with Crippen molar-refractivity contribution in [2.24, 2.45) is 5.92 Å². The molecule has 0 spiro atoms. The largest absolute Gasteiger partial charge is 0.471 e. The standard InChI is InChI=1S/C23H31F3N4O4S/c1-34-20(31)15-2-4-16(5-3-15)27-22(33)30-10-6-14(7-11-30)19-28-17-8-12-29(13-9-18(17)35-19)21(32)23(24,25)26/h14-16H,2-13H2,1H3,(H,27,33)/t15-,16-. The van der Waals surface area contributed by atoms with Gasteiger partial charge in [-0.3, -0.25) is 9.59 Å². The summed E-state index contributed by atoms with van der Waals surface area (Å²) < 4.78 is 43.1. The van der Waals surface area contributed by atoms with Crippen molar-refractivity contribution < 1.29 is 32.3 Å². The lowest BCUT2D eigenvalue weighted by atomic mass is 9.86. The zero-order chi connectivity index (χ0) is 25.2. The summed E-state index contributed by atoms with van der Waals surface area (Å²) in [6, 6.07) is -0.00569. The fourth-order valence-electron chi connectivity index (χ4n) is 5.18. The smallest absolute Gasteiger partial charge is 0.469 e. The van der Waals surface area contributed by atoms with Crippen LogP contribution in [-0.4, -0.2) is 78.2 Å². The fraction of sp³-hybridized carbons (Fsp3) is 0.739. The number of carbonyl (C=O) groups is 3. The highest BCUT2D eigenvalue weighted by molar-refractivity contribution is 7.11. The monoisotopic (exact) mass is 516 g/mol. The number of rotatable bonds is 3. The number of nitrogens with zero attached hydrogens (tertiary/aromatic N) is 3. The van der Waals surface area contributed by atoms with E-state index in [-0.39, 0.29) is 43.0 Å². The van der Waals surface area contributed by atoms with Gasteiger partial charge >= 0.3 is 24.1 Å². The highest BCUT2D eigenvalue weighted by Gasteiger charge is 2.43. The van der Waals surface area contributed by atoms with Gasteiger partial charge in [0.2, 0.25) is 0 Å². The summed E-state index contributed by atoms with van der Waals surface area (Å²) in [5.41, 5.74) is 0.796. The average molecular weight is 517 g/mol. The van der Waals surface area contributed by atoms with Crippen molar-refractivity contribution in [3.05, 3.63) is 15.6 Å². The molecular formula is C23H31F3N4O4S. The molecule has 2 fully saturated rings. The Morgan fingerprint density at radius 1 is 0.971 bits per heavy atom. The summed E-state index contributed by atoms with van der Waals surface area (Å²) in [7, 11) is 1.40. The lowest BCUT2D eigenvalue weighted by molar-refractivity contribution is -0.185. The van der Waals surface area contributed by atoms with E-state index in [1.54, 1.807) is 0 Å². The van der Waals surface area contributed by atoms with Crippen LogP contribution in [0.2, 0.25) is 0 Å². The van der Waals surface area contributed by atoms with Crippen LogP contribution in [0.15, 0.2) is 0 Å². The maximum Gasteiger partial charge on any atom is 0.471 e. The predicted molar refractivity (Wildman–Crippen MR) is 122 cm³/mol. The number of hydrogen-bond acceptors (Lipinski definition) is 6. The van der Waals surface area contributed by atoms with Crippen molar-refractivity contribution in [2.45, 2.75) is 69.5 Å². The quantitative estimate of drug-likeness (QED) is 0.623. The number of methoxy groups -OCH3 is 1. The molecule has 8 nitrogen and oxygen atoms in total. The van der Waals surface area contributed by atoms with Gasteiger partial charge < -0.3 is 19.9 Å². The number of halogens is 3. The number of thiazole rings is 1. The lowest BCUT2D eigenvalue weighted by Crippen LogP contribution is -2.48. The molecule has 12 heteroatoms. The molecule has 0 aromatic carbocycles. The number of urea groups is 1. The number of ether oxygens (including phenoxy) is 1. The molecule has 0 radical (unpaired) electrons. The van der Waals surface area contributed by atoms with Gasteiger partial charge in [0.1, 0.15) is 0 Å². The zero-order valence-corrected chi connectivity index (χ0v) is 20.6. The number of fused-ring (bicyclic) bond motifs is 1. The number of aromatic nitrogens is 1. The van der Waals surface area contributed by atoms with Crippen molar-refractivity contribution in [2.75, 3.05) is 33.3 Å². The van der Waals surface area contributed by atoms with Gasteiger partial charge in [0.15, 0.2) is 0 Å². The summed E-state index contributed by atoms with van der Waals surface area (Å²) >= 11 is 1.53. The molecule has 3 heterocycles. The number of hydrogen-bond donors (Lipinski definition) is 1. The number of carbonyl (C=O) groups excluding carboxylic acids is 3. The molecule has 1 N–H and O–H groups in total. The van der Waals surface area contributed by atoms with Crippen LogP contribution in [0.1, 0.15) is 60.0 Å². The minimum Gasteiger partial charge on any atom is -0.469 e. The van der Waals surface area contributed by atoms with Gasteiger partial charge in [-0.05, 0) is 38.5 Å². The van der Waals surface area contributed by atoms with E-state index in [1.165, 1.54) is 18.4 Å². The summed E-state index contributed by atoms with van der Waals surface area (Å²) in [5.74, 6) is -1.82. The summed E-state index contributed by atoms with van der Waals surface area (Å²) in [4.78, 5) is 44.3. The van der Waals surface area contributed by atoms with E-state index >= 15 is 0 Å². The highest BCUT2D eigenvalue weighted by Crippen LogP contribution is 2.34. The Morgan fingerprint density at radius 2 is 1.63 bits per heavy atom. The lowest BCUT2D eigenvalue weighted by Gasteiger charge is -2.34. The topological polar surface area (TPSA) is 91.8 Å². The van der Waals surface area contributed by atoms with E-state index in [9.17, 15) is 27.6 Å². The molecule has 4 rings (SSSR count). The first-order chi connectivity index (χ1) is 16.7. The minimum absolute atomic E-state index is 0.0225. The number of esters is 1. The predicted octanol–water partition coefficient (Wildman–Crippen LogP) is 3.25. The fourth-order valence-corrected chi connectivity index (χ4v) is 6.45. The minimum atomic E-state index is -4.85. The Balaban J connectivity index is 1.24. The molecule has 0 unspecified atom stereocenters. The number of piperidine rings is 1. The third kappa shape index (κ3) is 6.07. The molecule has 3 aliphatic rings. The van der Waals surface area contributed by atoms with Crippen LogP contribution in [0.3, 0.4) is 0 Å². The summed E-state index contributed by atoms with van der Waals surface area (Å²) in [6.45, 7) is 1.31. The van der Waals surface area contributed by atoms with Crippen LogP contribution in [0.25, 0.3) is 0 Å².